The van der Waals surface area contributed by atoms with Gasteiger partial charge >= 0.3 is 0 Å². The maximum Gasteiger partial charge on any atom is 0.241 e. The van der Waals surface area contributed by atoms with Crippen molar-refractivity contribution >= 4 is 5.91 Å². The van der Waals surface area contributed by atoms with Gasteiger partial charge in [0.25, 0.3) is 0 Å². The summed E-state index contributed by atoms with van der Waals surface area (Å²) in [6.45, 7) is 3.98. The van der Waals surface area contributed by atoms with Gasteiger partial charge in [-0.1, -0.05) is 67.8 Å². The summed E-state index contributed by atoms with van der Waals surface area (Å²) >= 11 is 0. The number of carbonyl (C=O) groups is 1. The van der Waals surface area contributed by atoms with E-state index in [1.807, 2.05) is 24.3 Å². The Bertz CT molecular complexity index is 1180. The van der Waals surface area contributed by atoms with Gasteiger partial charge in [-0.05, 0) is 47.9 Å². The fourth-order valence-electron chi connectivity index (χ4n) is 5.93. The van der Waals surface area contributed by atoms with Gasteiger partial charge in [0.05, 0.1) is 17.7 Å². The number of amides is 1. The van der Waals surface area contributed by atoms with Crippen LogP contribution in [0.2, 0.25) is 0 Å². The Morgan fingerprint density at radius 1 is 0.921 bits per heavy atom. The van der Waals surface area contributed by atoms with Crippen LogP contribution in [0.25, 0.3) is 11.1 Å². The number of nitrogens with one attached hydrogen (secondary N) is 1. The van der Waals surface area contributed by atoms with E-state index in [1.54, 1.807) is 0 Å². The molecule has 2 aromatic carbocycles. The van der Waals surface area contributed by atoms with Crippen molar-refractivity contribution < 1.29 is 4.79 Å². The number of carbonyl (C=O) groups excluding carboxylic acids is 1. The molecule has 38 heavy (non-hydrogen) atoms. The second-order valence-corrected chi connectivity index (χ2v) is 11.2. The lowest BCUT2D eigenvalue weighted by Crippen LogP contribution is -2.57. The highest BCUT2D eigenvalue weighted by Gasteiger charge is 2.36. The van der Waals surface area contributed by atoms with E-state index in [9.17, 15) is 15.3 Å². The van der Waals surface area contributed by atoms with Crippen LogP contribution >= 0.6 is 0 Å². The zero-order valence-corrected chi connectivity index (χ0v) is 22.1. The van der Waals surface area contributed by atoms with Gasteiger partial charge in [-0.25, -0.2) is 0 Å². The molecule has 2 aliphatic carbocycles. The van der Waals surface area contributed by atoms with E-state index in [0.29, 0.717) is 19.3 Å². The van der Waals surface area contributed by atoms with Crippen LogP contribution in [0.5, 0.6) is 0 Å². The van der Waals surface area contributed by atoms with Crippen LogP contribution in [0.3, 0.4) is 0 Å². The van der Waals surface area contributed by atoms with Crippen LogP contribution in [0.1, 0.15) is 62.1 Å². The third-order valence-electron chi connectivity index (χ3n) is 8.51. The first-order valence-corrected chi connectivity index (χ1v) is 14.1. The Morgan fingerprint density at radius 3 is 2.08 bits per heavy atom. The van der Waals surface area contributed by atoms with Gasteiger partial charge in [0.15, 0.2) is 0 Å². The smallest absolute Gasteiger partial charge is 0.241 e. The molecule has 1 aliphatic heterocycles. The molecule has 3 N–H and O–H groups in total. The molecule has 7 nitrogen and oxygen atoms in total. The highest BCUT2D eigenvalue weighted by molar-refractivity contribution is 5.86. The highest BCUT2D eigenvalue weighted by atomic mass is 16.2. The van der Waals surface area contributed by atoms with Crippen molar-refractivity contribution in [3.63, 3.8) is 0 Å². The molecule has 1 saturated heterocycles. The minimum absolute atomic E-state index is 0.207. The fourth-order valence-corrected chi connectivity index (χ4v) is 5.93. The Hall–Kier alpha value is -3.23. The van der Waals surface area contributed by atoms with Gasteiger partial charge < -0.3 is 11.1 Å². The zero-order valence-electron chi connectivity index (χ0n) is 22.1. The molecule has 198 valence electrons. The van der Waals surface area contributed by atoms with Crippen LogP contribution in [0, 0.1) is 22.7 Å². The van der Waals surface area contributed by atoms with Gasteiger partial charge in [-0.15, -0.1) is 0 Å². The topological polar surface area (TPSA) is 109 Å². The predicted molar refractivity (Wildman–Crippen MR) is 148 cm³/mol. The second kappa shape index (κ2) is 11.7. The summed E-state index contributed by atoms with van der Waals surface area (Å²) in [7, 11) is 0. The lowest BCUT2D eigenvalue weighted by molar-refractivity contribution is -0.127. The molecule has 1 amide bonds. The number of hydrogen-bond donors (Lipinski definition) is 2. The molecule has 2 unspecified atom stereocenters. The van der Waals surface area contributed by atoms with E-state index in [0.717, 1.165) is 73.7 Å². The van der Waals surface area contributed by atoms with E-state index < -0.39 is 11.6 Å². The van der Waals surface area contributed by atoms with Crippen molar-refractivity contribution in [2.75, 3.05) is 26.2 Å². The van der Waals surface area contributed by atoms with Crippen molar-refractivity contribution in [3.05, 3.63) is 59.7 Å². The summed E-state index contributed by atoms with van der Waals surface area (Å²) in [6.07, 6.45) is 7.47. The quantitative estimate of drug-likeness (QED) is 0.557. The Labute approximate surface area is 226 Å². The lowest BCUT2D eigenvalue weighted by Gasteiger charge is -2.37. The molecule has 0 radical (unpaired) electrons. The van der Waals surface area contributed by atoms with E-state index >= 15 is 0 Å². The molecule has 0 aromatic heterocycles. The number of piperazine rings is 1. The maximum atomic E-state index is 12.7. The summed E-state index contributed by atoms with van der Waals surface area (Å²) in [5.74, 6) is -0.207. The van der Waals surface area contributed by atoms with Crippen LogP contribution in [0.15, 0.2) is 48.5 Å². The third kappa shape index (κ3) is 6.08. The number of nitrogens with zero attached hydrogens (tertiary/aromatic N) is 4. The number of nitriles is 2. The first-order valence-electron chi connectivity index (χ1n) is 14.1. The molecule has 1 heterocycles. The van der Waals surface area contributed by atoms with Crippen LogP contribution in [-0.4, -0.2) is 59.5 Å². The minimum Gasteiger partial charge on any atom is -0.338 e. The Morgan fingerprint density at radius 2 is 1.53 bits per heavy atom. The fraction of sp³-hybridized carbons (Fsp3) is 0.516. The molecule has 2 saturated carbocycles. The lowest BCUT2D eigenvalue weighted by atomic mass is 9.81. The summed E-state index contributed by atoms with van der Waals surface area (Å²) in [5, 5.41) is 22.4. The largest absolute Gasteiger partial charge is 0.338 e. The molecule has 3 fully saturated rings. The SMILES string of the molecule is N#CC(Cc1ccc(-c2ccc(C(C#N)N3CCN(C4CC4)CC3)cc2)cc1)NC(=O)C1(N)CCCCC1. The average Bonchev–Trinajstić information content (AvgIpc) is 3.80. The molecular weight excluding hydrogens is 472 g/mol. The highest BCUT2D eigenvalue weighted by Crippen LogP contribution is 2.30. The summed E-state index contributed by atoms with van der Waals surface area (Å²) < 4.78 is 0. The van der Waals surface area contributed by atoms with E-state index in [1.165, 1.54) is 12.8 Å². The first-order chi connectivity index (χ1) is 18.5. The van der Waals surface area contributed by atoms with Crippen LogP contribution in [-0.2, 0) is 11.2 Å². The maximum absolute atomic E-state index is 12.7. The zero-order chi connectivity index (χ0) is 26.5. The normalized spacial score (nSPS) is 21.6. The van der Waals surface area contributed by atoms with Crippen molar-refractivity contribution in [1.29, 1.82) is 10.5 Å². The second-order valence-electron chi connectivity index (χ2n) is 11.2. The molecular formula is C31H38N6O. The van der Waals surface area contributed by atoms with Crippen LogP contribution in [0.4, 0.5) is 0 Å². The Balaban J connectivity index is 1.18. The van der Waals surface area contributed by atoms with Gasteiger partial charge in [0.2, 0.25) is 5.91 Å². The molecule has 2 aromatic rings. The molecule has 0 spiro atoms. The number of nitrogens with two attached hydrogens (primary N) is 1. The minimum atomic E-state index is -0.848. The van der Waals surface area contributed by atoms with Crippen molar-refractivity contribution in [1.82, 2.24) is 15.1 Å². The van der Waals surface area contributed by atoms with Gasteiger partial charge in [0, 0.05) is 38.6 Å². The van der Waals surface area contributed by atoms with E-state index in [2.05, 4.69) is 51.5 Å². The average molecular weight is 511 g/mol. The number of benzene rings is 2. The van der Waals surface area contributed by atoms with Gasteiger partial charge in [0.1, 0.15) is 12.1 Å². The predicted octanol–water partition coefficient (Wildman–Crippen LogP) is 3.91. The number of hydrogen-bond acceptors (Lipinski definition) is 6. The summed E-state index contributed by atoms with van der Waals surface area (Å²) in [5.41, 5.74) is 9.68. The summed E-state index contributed by atoms with van der Waals surface area (Å²) in [4.78, 5) is 17.6. The van der Waals surface area contributed by atoms with Gasteiger partial charge in [-0.3, -0.25) is 14.6 Å². The van der Waals surface area contributed by atoms with Crippen molar-refractivity contribution in [2.45, 2.75) is 75.0 Å². The molecule has 3 aliphatic rings. The van der Waals surface area contributed by atoms with E-state index in [4.69, 9.17) is 5.73 Å². The van der Waals surface area contributed by atoms with Crippen molar-refractivity contribution in [3.8, 4) is 23.3 Å². The summed E-state index contributed by atoms with van der Waals surface area (Å²) in [6, 6.07) is 21.1. The van der Waals surface area contributed by atoms with E-state index in [-0.39, 0.29) is 11.9 Å². The standard InChI is InChI=1S/C31H38N6O/c32-21-27(35-30(38)31(34)14-2-1-3-15-31)20-23-4-6-24(7-5-23)25-8-10-26(11-9-25)29(22-33)37-18-16-36(17-19-37)28-12-13-28/h4-11,27-29H,1-3,12-20,34H2,(H,35,38). The third-order valence-corrected chi connectivity index (χ3v) is 8.51. The molecule has 5 rings (SSSR count). The Kier molecular flexibility index (Phi) is 8.09. The molecule has 2 atom stereocenters. The van der Waals surface area contributed by atoms with Crippen LogP contribution < -0.4 is 11.1 Å². The monoisotopic (exact) mass is 510 g/mol. The molecule has 0 bridgehead atoms. The number of rotatable bonds is 8. The molecule has 7 heteroatoms. The first kappa shape index (κ1) is 26.4. The van der Waals surface area contributed by atoms with Gasteiger partial charge in [-0.2, -0.15) is 10.5 Å². The van der Waals surface area contributed by atoms with Crippen molar-refractivity contribution in [2.24, 2.45) is 5.73 Å².